The predicted molar refractivity (Wildman–Crippen MR) is 88.1 cm³/mol. The maximum absolute atomic E-state index is 5.49. The highest BCUT2D eigenvalue weighted by Gasteiger charge is 2.17. The lowest BCUT2D eigenvalue weighted by Crippen LogP contribution is -2.35. The van der Waals surface area contributed by atoms with Crippen molar-refractivity contribution in [3.05, 3.63) is 35.7 Å². The van der Waals surface area contributed by atoms with Crippen LogP contribution >= 0.6 is 0 Å². The number of hydrogen-bond acceptors (Lipinski definition) is 6. The molecule has 3 rings (SSSR count). The van der Waals surface area contributed by atoms with Gasteiger partial charge >= 0.3 is 0 Å². The molecule has 1 unspecified atom stereocenters. The van der Waals surface area contributed by atoms with Gasteiger partial charge in [-0.3, -0.25) is 4.90 Å². The van der Waals surface area contributed by atoms with Crippen molar-refractivity contribution in [1.29, 1.82) is 0 Å². The highest BCUT2D eigenvalue weighted by Crippen LogP contribution is 2.23. The van der Waals surface area contributed by atoms with Crippen molar-refractivity contribution in [2.75, 3.05) is 33.4 Å². The van der Waals surface area contributed by atoms with Gasteiger partial charge in [0, 0.05) is 37.7 Å². The van der Waals surface area contributed by atoms with Gasteiger partial charge in [0.25, 0.3) is 5.89 Å². The normalized spacial score (nSPS) is 17.3. The van der Waals surface area contributed by atoms with Gasteiger partial charge in [-0.05, 0) is 25.6 Å². The van der Waals surface area contributed by atoms with Gasteiger partial charge in [0.1, 0.15) is 0 Å². The van der Waals surface area contributed by atoms with Crippen LogP contribution in [0.25, 0.3) is 11.5 Å². The molecule has 1 aromatic carbocycles. The summed E-state index contributed by atoms with van der Waals surface area (Å²) < 4.78 is 10.9. The molecular weight excluding hydrogens is 292 g/mol. The summed E-state index contributed by atoms with van der Waals surface area (Å²) in [4.78, 5) is 6.95. The second-order valence-electron chi connectivity index (χ2n) is 5.96. The quantitative estimate of drug-likeness (QED) is 0.875. The molecule has 6 heteroatoms. The summed E-state index contributed by atoms with van der Waals surface area (Å²) in [5.41, 5.74) is 2.24. The lowest BCUT2D eigenvalue weighted by molar-refractivity contribution is 0.0342. The van der Waals surface area contributed by atoms with Crippen LogP contribution in [0.5, 0.6) is 0 Å². The van der Waals surface area contributed by atoms with Gasteiger partial charge in [-0.25, -0.2) is 0 Å². The summed E-state index contributed by atoms with van der Waals surface area (Å²) in [5, 5.41) is 7.30. The van der Waals surface area contributed by atoms with Gasteiger partial charge in [-0.1, -0.05) is 23.4 Å². The molecule has 0 spiro atoms. The van der Waals surface area contributed by atoms with E-state index in [1.54, 1.807) is 0 Å². The minimum Gasteiger partial charge on any atom is -0.379 e. The molecule has 1 atom stereocenters. The number of rotatable bonds is 6. The molecule has 1 aliphatic heterocycles. The van der Waals surface area contributed by atoms with Crippen molar-refractivity contribution in [1.82, 2.24) is 20.4 Å². The minimum atomic E-state index is 0.323. The van der Waals surface area contributed by atoms with Crippen molar-refractivity contribution in [3.8, 4) is 11.5 Å². The monoisotopic (exact) mass is 316 g/mol. The summed E-state index contributed by atoms with van der Waals surface area (Å²) in [6.45, 7) is 6.50. The van der Waals surface area contributed by atoms with Crippen LogP contribution in [0.2, 0.25) is 0 Å². The van der Waals surface area contributed by atoms with Crippen molar-refractivity contribution in [2.24, 2.45) is 0 Å². The van der Waals surface area contributed by atoms with Gasteiger partial charge in [0.15, 0.2) is 5.82 Å². The Bertz CT molecular complexity index is 623. The number of nitrogens with one attached hydrogen (secondary N) is 1. The first-order chi connectivity index (χ1) is 11.3. The second kappa shape index (κ2) is 7.68. The van der Waals surface area contributed by atoms with E-state index in [1.165, 1.54) is 5.56 Å². The zero-order valence-electron chi connectivity index (χ0n) is 13.8. The zero-order chi connectivity index (χ0) is 16.1. The number of aromatic nitrogens is 2. The number of hydrogen-bond donors (Lipinski definition) is 1. The van der Waals surface area contributed by atoms with Gasteiger partial charge in [0.2, 0.25) is 0 Å². The van der Waals surface area contributed by atoms with E-state index in [0.29, 0.717) is 11.9 Å². The number of likely N-dealkylation sites (N-methyl/N-ethyl adjacent to an activating group) is 1. The van der Waals surface area contributed by atoms with Crippen molar-refractivity contribution in [3.63, 3.8) is 0 Å². The largest absolute Gasteiger partial charge is 0.379 e. The highest BCUT2D eigenvalue weighted by atomic mass is 16.5. The third kappa shape index (κ3) is 4.16. The van der Waals surface area contributed by atoms with Crippen LogP contribution in [0.15, 0.2) is 28.8 Å². The fourth-order valence-corrected chi connectivity index (χ4v) is 2.69. The van der Waals surface area contributed by atoms with Gasteiger partial charge in [-0.2, -0.15) is 4.98 Å². The Labute approximate surface area is 136 Å². The number of benzene rings is 1. The maximum atomic E-state index is 5.49. The second-order valence-corrected chi connectivity index (χ2v) is 5.96. The van der Waals surface area contributed by atoms with Crippen molar-refractivity contribution >= 4 is 0 Å². The summed E-state index contributed by atoms with van der Waals surface area (Å²) in [6, 6.07) is 8.57. The number of ether oxygens (including phenoxy) is 1. The van der Waals surface area contributed by atoms with E-state index in [2.05, 4.69) is 45.5 Å². The van der Waals surface area contributed by atoms with E-state index >= 15 is 0 Å². The standard InChI is InChI=1S/C17H24N4O2/c1-13(18-2)11-16-19-17(23-20-16)15-6-4-3-5-14(15)12-21-7-9-22-10-8-21/h3-6,13,18H,7-12H2,1-2H3. The van der Waals surface area contributed by atoms with E-state index in [1.807, 2.05) is 13.1 Å². The van der Waals surface area contributed by atoms with Crippen LogP contribution in [0.4, 0.5) is 0 Å². The average Bonchev–Trinajstić information content (AvgIpc) is 3.04. The Balaban J connectivity index is 1.77. The van der Waals surface area contributed by atoms with E-state index in [0.717, 1.165) is 50.7 Å². The Morgan fingerprint density at radius 1 is 1.26 bits per heavy atom. The summed E-state index contributed by atoms with van der Waals surface area (Å²) in [5.74, 6) is 1.34. The molecule has 2 heterocycles. The van der Waals surface area contributed by atoms with Crippen LogP contribution < -0.4 is 5.32 Å². The molecule has 0 radical (unpaired) electrons. The summed E-state index contributed by atoms with van der Waals surface area (Å²) in [7, 11) is 1.93. The smallest absolute Gasteiger partial charge is 0.258 e. The molecule has 1 aliphatic rings. The summed E-state index contributed by atoms with van der Waals surface area (Å²) >= 11 is 0. The van der Waals surface area contributed by atoms with Gasteiger partial charge < -0.3 is 14.6 Å². The molecule has 23 heavy (non-hydrogen) atoms. The Hall–Kier alpha value is -1.76. The molecule has 0 amide bonds. The Kier molecular flexibility index (Phi) is 5.38. The minimum absolute atomic E-state index is 0.323. The SMILES string of the molecule is CNC(C)Cc1noc(-c2ccccc2CN2CCOCC2)n1. The first kappa shape index (κ1) is 16.1. The lowest BCUT2D eigenvalue weighted by Gasteiger charge is -2.27. The molecule has 0 saturated carbocycles. The first-order valence-electron chi connectivity index (χ1n) is 8.14. The van der Waals surface area contributed by atoms with Crippen LogP contribution in [0.1, 0.15) is 18.3 Å². The van der Waals surface area contributed by atoms with Crippen molar-refractivity contribution < 1.29 is 9.26 Å². The van der Waals surface area contributed by atoms with E-state index in [9.17, 15) is 0 Å². The highest BCUT2D eigenvalue weighted by molar-refractivity contribution is 5.58. The molecule has 6 nitrogen and oxygen atoms in total. The zero-order valence-corrected chi connectivity index (χ0v) is 13.8. The molecular formula is C17H24N4O2. The van der Waals surface area contributed by atoms with Crippen LogP contribution in [-0.4, -0.2) is 54.4 Å². The van der Waals surface area contributed by atoms with Crippen LogP contribution in [0, 0.1) is 0 Å². The average molecular weight is 316 g/mol. The van der Waals surface area contributed by atoms with Gasteiger partial charge in [-0.15, -0.1) is 0 Å². The molecule has 1 saturated heterocycles. The molecule has 2 aromatic rings. The molecule has 1 N–H and O–H groups in total. The van der Waals surface area contributed by atoms with Gasteiger partial charge in [0.05, 0.1) is 13.2 Å². The predicted octanol–water partition coefficient (Wildman–Crippen LogP) is 1.72. The molecule has 0 bridgehead atoms. The Morgan fingerprint density at radius 3 is 2.83 bits per heavy atom. The molecule has 1 fully saturated rings. The molecule has 1 aromatic heterocycles. The van der Waals surface area contributed by atoms with E-state index < -0.39 is 0 Å². The van der Waals surface area contributed by atoms with Crippen molar-refractivity contribution in [2.45, 2.75) is 25.9 Å². The molecule has 124 valence electrons. The fraction of sp³-hybridized carbons (Fsp3) is 0.529. The third-order valence-corrected chi connectivity index (χ3v) is 4.20. The van der Waals surface area contributed by atoms with E-state index in [-0.39, 0.29) is 0 Å². The fourth-order valence-electron chi connectivity index (χ4n) is 2.69. The Morgan fingerprint density at radius 2 is 2.04 bits per heavy atom. The lowest BCUT2D eigenvalue weighted by atomic mass is 10.1. The summed E-state index contributed by atoms with van der Waals surface area (Å²) in [6.07, 6.45) is 0.756. The third-order valence-electron chi connectivity index (χ3n) is 4.20. The maximum Gasteiger partial charge on any atom is 0.258 e. The molecule has 0 aliphatic carbocycles. The van der Waals surface area contributed by atoms with Crippen LogP contribution in [-0.2, 0) is 17.7 Å². The van der Waals surface area contributed by atoms with Crippen LogP contribution in [0.3, 0.4) is 0 Å². The first-order valence-corrected chi connectivity index (χ1v) is 8.14. The number of nitrogens with zero attached hydrogens (tertiary/aromatic N) is 3. The number of morpholine rings is 1. The topological polar surface area (TPSA) is 63.4 Å². The van der Waals surface area contributed by atoms with E-state index in [4.69, 9.17) is 9.26 Å².